The number of nitrogens with one attached hydrogen (secondary N) is 2. The summed E-state index contributed by atoms with van der Waals surface area (Å²) in [7, 11) is 0. The van der Waals surface area contributed by atoms with Gasteiger partial charge >= 0.3 is 0 Å². The monoisotopic (exact) mass is 312 g/mol. The Morgan fingerprint density at radius 2 is 1.55 bits per heavy atom. The standard InChI is InChI=1S/C18H20N2OS/c1-12-7-4-5-10-15(12)11-16(21)19-18(22)20-17-13(2)8-6-9-14(17)3/h4-10H,11H2,1-3H3,(H2,19,20,21,22). The van der Waals surface area contributed by atoms with Crippen molar-refractivity contribution in [2.45, 2.75) is 27.2 Å². The van der Waals surface area contributed by atoms with E-state index in [2.05, 4.69) is 10.6 Å². The number of thiocarbonyl (C=S) groups is 1. The van der Waals surface area contributed by atoms with Crippen LogP contribution < -0.4 is 10.6 Å². The van der Waals surface area contributed by atoms with Gasteiger partial charge in [0.1, 0.15) is 0 Å². The molecule has 2 rings (SSSR count). The largest absolute Gasteiger partial charge is 0.332 e. The van der Waals surface area contributed by atoms with E-state index < -0.39 is 0 Å². The van der Waals surface area contributed by atoms with E-state index in [1.165, 1.54) is 0 Å². The predicted octanol–water partition coefficient (Wildman–Crippen LogP) is 3.67. The highest BCUT2D eigenvalue weighted by Crippen LogP contribution is 2.19. The van der Waals surface area contributed by atoms with Crippen LogP contribution in [-0.4, -0.2) is 11.0 Å². The molecule has 2 aromatic rings. The average molecular weight is 312 g/mol. The Labute approximate surface area is 136 Å². The molecule has 0 spiro atoms. The maximum absolute atomic E-state index is 12.1. The summed E-state index contributed by atoms with van der Waals surface area (Å²) in [5, 5.41) is 6.18. The summed E-state index contributed by atoms with van der Waals surface area (Å²) < 4.78 is 0. The average Bonchev–Trinajstić information content (AvgIpc) is 2.45. The normalized spacial score (nSPS) is 10.1. The smallest absolute Gasteiger partial charge is 0.230 e. The quantitative estimate of drug-likeness (QED) is 0.850. The van der Waals surface area contributed by atoms with E-state index in [9.17, 15) is 4.79 Å². The molecular weight excluding hydrogens is 292 g/mol. The Bertz CT molecular complexity index is 690. The third-order valence-electron chi connectivity index (χ3n) is 3.58. The maximum Gasteiger partial charge on any atom is 0.230 e. The number of amides is 1. The van der Waals surface area contributed by atoms with Crippen LogP contribution in [0.2, 0.25) is 0 Å². The molecule has 0 atom stereocenters. The summed E-state index contributed by atoms with van der Waals surface area (Å²) in [6.07, 6.45) is 0.321. The third kappa shape index (κ3) is 4.15. The molecule has 0 saturated carbocycles. The zero-order valence-corrected chi connectivity index (χ0v) is 13.9. The fourth-order valence-corrected chi connectivity index (χ4v) is 2.52. The number of anilines is 1. The molecule has 0 aliphatic rings. The number of hydrogen-bond donors (Lipinski definition) is 2. The SMILES string of the molecule is Cc1ccccc1CC(=O)NC(=S)Nc1c(C)cccc1C. The maximum atomic E-state index is 12.1. The van der Waals surface area contributed by atoms with E-state index in [-0.39, 0.29) is 5.91 Å². The molecule has 0 fully saturated rings. The molecule has 0 aromatic heterocycles. The highest BCUT2D eigenvalue weighted by Gasteiger charge is 2.09. The second-order valence-electron chi connectivity index (χ2n) is 5.37. The van der Waals surface area contributed by atoms with Crippen molar-refractivity contribution in [1.82, 2.24) is 5.32 Å². The molecule has 22 heavy (non-hydrogen) atoms. The molecule has 0 heterocycles. The molecule has 0 bridgehead atoms. The molecular formula is C18H20N2OS. The Balaban J connectivity index is 1.98. The van der Waals surface area contributed by atoms with E-state index >= 15 is 0 Å². The van der Waals surface area contributed by atoms with E-state index in [0.29, 0.717) is 11.5 Å². The van der Waals surface area contributed by atoms with Gasteiger partial charge in [0.2, 0.25) is 5.91 Å². The second kappa shape index (κ2) is 7.18. The Hall–Kier alpha value is -2.20. The van der Waals surface area contributed by atoms with Crippen molar-refractivity contribution in [3.8, 4) is 0 Å². The van der Waals surface area contributed by atoms with Crippen molar-refractivity contribution >= 4 is 28.9 Å². The van der Waals surface area contributed by atoms with Gasteiger partial charge in [-0.1, -0.05) is 42.5 Å². The van der Waals surface area contributed by atoms with Crippen molar-refractivity contribution < 1.29 is 4.79 Å². The molecule has 3 nitrogen and oxygen atoms in total. The van der Waals surface area contributed by atoms with Gasteiger partial charge in [-0.2, -0.15) is 0 Å². The zero-order chi connectivity index (χ0) is 16.1. The van der Waals surface area contributed by atoms with Gasteiger partial charge in [0.05, 0.1) is 6.42 Å². The number of benzene rings is 2. The van der Waals surface area contributed by atoms with E-state index in [0.717, 1.165) is 27.9 Å². The lowest BCUT2D eigenvalue weighted by Crippen LogP contribution is -2.35. The van der Waals surface area contributed by atoms with Crippen LogP contribution in [-0.2, 0) is 11.2 Å². The first kappa shape index (κ1) is 16.2. The van der Waals surface area contributed by atoms with Crippen LogP contribution >= 0.6 is 12.2 Å². The van der Waals surface area contributed by atoms with Crippen LogP contribution in [0.3, 0.4) is 0 Å². The Morgan fingerprint density at radius 3 is 2.18 bits per heavy atom. The molecule has 0 radical (unpaired) electrons. The van der Waals surface area contributed by atoms with E-state index in [1.54, 1.807) is 0 Å². The van der Waals surface area contributed by atoms with Gasteiger partial charge in [-0.15, -0.1) is 0 Å². The third-order valence-corrected chi connectivity index (χ3v) is 3.79. The molecule has 114 valence electrons. The number of hydrogen-bond acceptors (Lipinski definition) is 2. The van der Waals surface area contributed by atoms with Crippen LogP contribution in [0.5, 0.6) is 0 Å². The van der Waals surface area contributed by atoms with E-state index in [1.807, 2.05) is 63.2 Å². The number of para-hydroxylation sites is 1. The minimum atomic E-state index is -0.113. The van der Waals surface area contributed by atoms with E-state index in [4.69, 9.17) is 12.2 Å². The van der Waals surface area contributed by atoms with Crippen LogP contribution in [0.1, 0.15) is 22.3 Å². The molecule has 0 aliphatic heterocycles. The highest BCUT2D eigenvalue weighted by atomic mass is 32.1. The lowest BCUT2D eigenvalue weighted by molar-refractivity contribution is -0.119. The van der Waals surface area contributed by atoms with Gasteiger partial charge in [-0.3, -0.25) is 4.79 Å². The van der Waals surface area contributed by atoms with Gasteiger partial charge < -0.3 is 10.6 Å². The first-order valence-corrected chi connectivity index (χ1v) is 7.59. The topological polar surface area (TPSA) is 41.1 Å². The number of aryl methyl sites for hydroxylation is 3. The summed E-state index contributed by atoms with van der Waals surface area (Å²) in [4.78, 5) is 12.1. The summed E-state index contributed by atoms with van der Waals surface area (Å²) in [5.41, 5.74) is 5.25. The molecule has 2 N–H and O–H groups in total. The van der Waals surface area contributed by atoms with Crippen LogP contribution in [0.15, 0.2) is 42.5 Å². The Kier molecular flexibility index (Phi) is 5.28. The predicted molar refractivity (Wildman–Crippen MR) is 95.2 cm³/mol. The van der Waals surface area contributed by atoms with Gasteiger partial charge in [0.25, 0.3) is 0 Å². The summed E-state index contributed by atoms with van der Waals surface area (Å²) in [6.45, 7) is 6.01. The Morgan fingerprint density at radius 1 is 0.955 bits per heavy atom. The second-order valence-corrected chi connectivity index (χ2v) is 5.78. The fraction of sp³-hybridized carbons (Fsp3) is 0.222. The number of carbonyl (C=O) groups excluding carboxylic acids is 1. The van der Waals surface area contributed by atoms with Gasteiger partial charge in [0.15, 0.2) is 5.11 Å². The van der Waals surface area contributed by atoms with Crippen LogP contribution in [0, 0.1) is 20.8 Å². The lowest BCUT2D eigenvalue weighted by atomic mass is 10.1. The van der Waals surface area contributed by atoms with Crippen molar-refractivity contribution in [1.29, 1.82) is 0 Å². The molecule has 0 aliphatic carbocycles. The zero-order valence-electron chi connectivity index (χ0n) is 13.1. The first-order valence-electron chi connectivity index (χ1n) is 7.19. The van der Waals surface area contributed by atoms with Crippen LogP contribution in [0.4, 0.5) is 5.69 Å². The van der Waals surface area contributed by atoms with Crippen molar-refractivity contribution in [2.75, 3.05) is 5.32 Å². The van der Waals surface area contributed by atoms with Gasteiger partial charge in [-0.05, 0) is 55.2 Å². The highest BCUT2D eigenvalue weighted by molar-refractivity contribution is 7.80. The van der Waals surface area contributed by atoms with Crippen LogP contribution in [0.25, 0.3) is 0 Å². The molecule has 4 heteroatoms. The molecule has 0 saturated heterocycles. The minimum Gasteiger partial charge on any atom is -0.332 e. The molecule has 2 aromatic carbocycles. The summed E-state index contributed by atoms with van der Waals surface area (Å²) in [5.74, 6) is -0.113. The minimum absolute atomic E-state index is 0.113. The molecule has 1 amide bonds. The van der Waals surface area contributed by atoms with Crippen molar-refractivity contribution in [3.05, 3.63) is 64.7 Å². The summed E-state index contributed by atoms with van der Waals surface area (Å²) >= 11 is 5.24. The number of rotatable bonds is 3. The van der Waals surface area contributed by atoms with Crippen molar-refractivity contribution in [3.63, 3.8) is 0 Å². The number of carbonyl (C=O) groups is 1. The molecule has 0 unspecified atom stereocenters. The fourth-order valence-electron chi connectivity index (χ4n) is 2.31. The van der Waals surface area contributed by atoms with Gasteiger partial charge in [0, 0.05) is 5.69 Å². The summed E-state index contributed by atoms with van der Waals surface area (Å²) in [6, 6.07) is 13.9. The lowest BCUT2D eigenvalue weighted by Gasteiger charge is -2.14. The first-order chi connectivity index (χ1) is 10.5. The van der Waals surface area contributed by atoms with Gasteiger partial charge in [-0.25, -0.2) is 0 Å². The van der Waals surface area contributed by atoms with Crippen molar-refractivity contribution in [2.24, 2.45) is 0 Å².